The van der Waals surface area contributed by atoms with Gasteiger partial charge in [-0.25, -0.2) is 0 Å². The van der Waals surface area contributed by atoms with Gasteiger partial charge in [0, 0.05) is 17.8 Å². The highest BCUT2D eigenvalue weighted by atomic mass is 16.6. The topological polar surface area (TPSA) is 38.8 Å². The van der Waals surface area contributed by atoms with Crippen molar-refractivity contribution in [1.82, 2.24) is 0 Å². The van der Waals surface area contributed by atoms with Crippen molar-refractivity contribution in [2.24, 2.45) is 23.7 Å². The van der Waals surface area contributed by atoms with E-state index in [2.05, 4.69) is 6.58 Å². The van der Waals surface area contributed by atoms with Gasteiger partial charge in [0.2, 0.25) is 0 Å². The van der Waals surface area contributed by atoms with Crippen LogP contribution in [0.1, 0.15) is 32.6 Å². The fourth-order valence-corrected chi connectivity index (χ4v) is 4.61. The first kappa shape index (κ1) is 11.0. The van der Waals surface area contributed by atoms with Crippen LogP contribution in [0.3, 0.4) is 0 Å². The lowest BCUT2D eigenvalue weighted by atomic mass is 9.79. The van der Waals surface area contributed by atoms with Gasteiger partial charge in [-0.1, -0.05) is 19.1 Å². The smallest absolute Gasteiger partial charge is 0.309 e. The average Bonchev–Trinajstić information content (AvgIpc) is 2.99. The van der Waals surface area contributed by atoms with E-state index in [9.17, 15) is 4.79 Å². The third-order valence-corrected chi connectivity index (χ3v) is 5.82. The molecule has 18 heavy (non-hydrogen) atoms. The minimum absolute atomic E-state index is 0.00360. The summed E-state index contributed by atoms with van der Waals surface area (Å²) in [6, 6.07) is 0. The van der Waals surface area contributed by atoms with Gasteiger partial charge in [-0.05, 0) is 25.7 Å². The van der Waals surface area contributed by atoms with Gasteiger partial charge >= 0.3 is 5.97 Å². The number of fused-ring (bicyclic) bond motifs is 4. The van der Waals surface area contributed by atoms with E-state index in [1.54, 1.807) is 0 Å². The van der Waals surface area contributed by atoms with Crippen molar-refractivity contribution >= 4 is 5.97 Å². The van der Waals surface area contributed by atoms with Gasteiger partial charge in [-0.2, -0.15) is 0 Å². The molecule has 0 radical (unpaired) electrons. The SMILES string of the molecule is C=C1CC[C@@H]2[C@H]1[C@H]1OC(=O)[C@@H](C)[C@@H]1CC[C@@]21CO1. The van der Waals surface area contributed by atoms with Crippen molar-refractivity contribution in [3.8, 4) is 0 Å². The molecule has 4 rings (SSSR count). The van der Waals surface area contributed by atoms with Crippen molar-refractivity contribution in [3.05, 3.63) is 12.2 Å². The molecule has 98 valence electrons. The Morgan fingerprint density at radius 2 is 2.17 bits per heavy atom. The van der Waals surface area contributed by atoms with Crippen molar-refractivity contribution in [2.75, 3.05) is 6.61 Å². The maximum absolute atomic E-state index is 11.8. The van der Waals surface area contributed by atoms with Gasteiger partial charge in [-0.3, -0.25) is 4.79 Å². The molecular formula is C15H20O3. The number of carbonyl (C=O) groups excluding carboxylic acids is 1. The number of hydrogen-bond donors (Lipinski definition) is 0. The Balaban J connectivity index is 1.74. The van der Waals surface area contributed by atoms with Crippen LogP contribution >= 0.6 is 0 Å². The van der Waals surface area contributed by atoms with Crippen LogP contribution in [0.2, 0.25) is 0 Å². The van der Waals surface area contributed by atoms with Crippen molar-refractivity contribution in [2.45, 2.75) is 44.3 Å². The van der Waals surface area contributed by atoms with E-state index in [1.165, 1.54) is 12.0 Å². The molecule has 0 amide bonds. The highest BCUT2D eigenvalue weighted by molar-refractivity contribution is 5.75. The highest BCUT2D eigenvalue weighted by Gasteiger charge is 2.62. The Morgan fingerprint density at radius 1 is 1.39 bits per heavy atom. The van der Waals surface area contributed by atoms with E-state index in [-0.39, 0.29) is 23.6 Å². The van der Waals surface area contributed by atoms with Crippen LogP contribution in [0.15, 0.2) is 12.2 Å². The fourth-order valence-electron chi connectivity index (χ4n) is 4.61. The second kappa shape index (κ2) is 3.38. The molecule has 0 unspecified atom stereocenters. The minimum atomic E-state index is -0.00360. The number of rotatable bonds is 0. The predicted molar refractivity (Wildman–Crippen MR) is 65.8 cm³/mol. The van der Waals surface area contributed by atoms with E-state index in [0.717, 1.165) is 25.9 Å². The molecule has 2 saturated heterocycles. The van der Waals surface area contributed by atoms with Gasteiger partial charge in [0.15, 0.2) is 0 Å². The standard InChI is InChI=1S/C15H20O3/c1-8-3-4-11-12(8)13-10(9(2)14(16)18-13)5-6-15(11)7-17-15/h9-13H,1,3-7H2,2H3/t9-,10-,11+,12-,13-,15+/m0/s1. The molecule has 3 heteroatoms. The van der Waals surface area contributed by atoms with Gasteiger partial charge < -0.3 is 9.47 Å². The quantitative estimate of drug-likeness (QED) is 0.375. The highest BCUT2D eigenvalue weighted by Crippen LogP contribution is 2.58. The van der Waals surface area contributed by atoms with Crippen LogP contribution in [0.5, 0.6) is 0 Å². The Kier molecular flexibility index (Phi) is 2.07. The molecule has 1 spiro atoms. The van der Waals surface area contributed by atoms with Gasteiger partial charge in [0.1, 0.15) is 6.10 Å². The number of epoxide rings is 1. The van der Waals surface area contributed by atoms with Crippen molar-refractivity contribution in [1.29, 1.82) is 0 Å². The van der Waals surface area contributed by atoms with Crippen LogP contribution < -0.4 is 0 Å². The molecule has 2 aliphatic heterocycles. The summed E-state index contributed by atoms with van der Waals surface area (Å²) in [5.74, 6) is 1.32. The van der Waals surface area contributed by atoms with Crippen LogP contribution in [0.4, 0.5) is 0 Å². The summed E-state index contributed by atoms with van der Waals surface area (Å²) in [5.41, 5.74) is 1.40. The van der Waals surface area contributed by atoms with Crippen LogP contribution in [-0.2, 0) is 14.3 Å². The summed E-state index contributed by atoms with van der Waals surface area (Å²) in [4.78, 5) is 11.8. The molecule has 4 aliphatic rings. The summed E-state index contributed by atoms with van der Waals surface area (Å²) >= 11 is 0. The van der Waals surface area contributed by atoms with Crippen molar-refractivity contribution < 1.29 is 14.3 Å². The van der Waals surface area contributed by atoms with Gasteiger partial charge in [-0.15, -0.1) is 0 Å². The fraction of sp³-hybridized carbons (Fsp3) is 0.800. The molecule has 2 aliphatic carbocycles. The molecule has 6 atom stereocenters. The lowest BCUT2D eigenvalue weighted by molar-refractivity contribution is -0.145. The molecule has 2 saturated carbocycles. The Labute approximate surface area is 108 Å². The third-order valence-electron chi connectivity index (χ3n) is 5.82. The first-order chi connectivity index (χ1) is 8.62. The first-order valence-electron chi connectivity index (χ1n) is 7.14. The summed E-state index contributed by atoms with van der Waals surface area (Å²) in [6.45, 7) is 7.16. The molecule has 0 aromatic carbocycles. The Morgan fingerprint density at radius 3 is 2.89 bits per heavy atom. The summed E-state index contributed by atoms with van der Waals surface area (Å²) in [7, 11) is 0. The van der Waals surface area contributed by atoms with E-state index >= 15 is 0 Å². The first-order valence-corrected chi connectivity index (χ1v) is 7.14. The zero-order valence-electron chi connectivity index (χ0n) is 10.9. The normalized spacial score (nSPS) is 53.9. The molecule has 4 fully saturated rings. The van der Waals surface area contributed by atoms with E-state index < -0.39 is 0 Å². The second-order valence-electron chi connectivity index (χ2n) is 6.58. The second-order valence-corrected chi connectivity index (χ2v) is 6.58. The lowest BCUT2D eigenvalue weighted by Gasteiger charge is -2.28. The van der Waals surface area contributed by atoms with E-state index in [4.69, 9.17) is 9.47 Å². The number of hydrogen-bond acceptors (Lipinski definition) is 3. The molecule has 0 N–H and O–H groups in total. The van der Waals surface area contributed by atoms with Crippen LogP contribution in [0, 0.1) is 23.7 Å². The summed E-state index contributed by atoms with van der Waals surface area (Å²) < 4.78 is 11.5. The van der Waals surface area contributed by atoms with Crippen molar-refractivity contribution in [3.63, 3.8) is 0 Å². The molecule has 0 bridgehead atoms. The molecule has 0 aromatic heterocycles. The molecule has 3 nitrogen and oxygen atoms in total. The summed E-state index contributed by atoms with van der Waals surface area (Å²) in [5, 5.41) is 0. The summed E-state index contributed by atoms with van der Waals surface area (Å²) in [6.07, 6.45) is 4.49. The van der Waals surface area contributed by atoms with E-state index in [1.807, 2.05) is 6.92 Å². The third kappa shape index (κ3) is 1.26. The largest absolute Gasteiger partial charge is 0.461 e. The minimum Gasteiger partial charge on any atom is -0.461 e. The van der Waals surface area contributed by atoms with Gasteiger partial charge in [0.25, 0.3) is 0 Å². The molecule has 2 heterocycles. The molecule has 0 aromatic rings. The lowest BCUT2D eigenvalue weighted by Crippen LogP contribution is -2.33. The number of carbonyl (C=O) groups is 1. The zero-order valence-corrected chi connectivity index (χ0v) is 10.9. The predicted octanol–water partition coefficient (Wildman–Crippen LogP) is 2.31. The number of ether oxygens (including phenoxy) is 2. The monoisotopic (exact) mass is 248 g/mol. The van der Waals surface area contributed by atoms with E-state index in [0.29, 0.717) is 17.8 Å². The molecular weight excluding hydrogens is 228 g/mol. The number of esters is 1. The van der Waals surface area contributed by atoms with Crippen LogP contribution in [0.25, 0.3) is 0 Å². The maximum Gasteiger partial charge on any atom is 0.309 e. The zero-order chi connectivity index (χ0) is 12.5. The average molecular weight is 248 g/mol. The maximum atomic E-state index is 11.8. The Hall–Kier alpha value is -0.830. The Bertz CT molecular complexity index is 423. The van der Waals surface area contributed by atoms with Crippen LogP contribution in [-0.4, -0.2) is 24.3 Å². The van der Waals surface area contributed by atoms with Gasteiger partial charge in [0.05, 0.1) is 18.1 Å².